The van der Waals surface area contributed by atoms with E-state index in [1.54, 1.807) is 0 Å². The third-order valence-corrected chi connectivity index (χ3v) is 5.11. The van der Waals surface area contributed by atoms with Crippen LogP contribution < -0.4 is 0 Å². The average Bonchev–Trinajstić information content (AvgIpc) is 3.29. The Kier molecular flexibility index (Phi) is 13.7. The van der Waals surface area contributed by atoms with Crippen molar-refractivity contribution in [1.82, 2.24) is 0 Å². The predicted octanol–water partition coefficient (Wildman–Crippen LogP) is 3.78. The number of hydrogen-bond acceptors (Lipinski definition) is 3. The molecule has 3 fully saturated rings. The molecule has 25 heavy (non-hydrogen) atoms. The molecule has 0 aromatic carbocycles. The fraction of sp³-hybridized carbons (Fsp3) is 0.833. The topological polar surface area (TPSA) is 112 Å². The molecule has 147 valence electrons. The standard InChI is InChI=1S/3C6H10O2.Tb/c3*7-6(8)5-3-1-2-4-5;/h3*5H,1-4H2,(H,7,8);. The van der Waals surface area contributed by atoms with Crippen LogP contribution in [-0.2, 0) is 14.4 Å². The normalized spacial score (nSPS) is 20.6. The Morgan fingerprint density at radius 1 is 0.480 bits per heavy atom. The van der Waals surface area contributed by atoms with Gasteiger partial charge in [0.2, 0.25) is 0 Å². The van der Waals surface area contributed by atoms with Gasteiger partial charge in [-0.2, -0.15) is 0 Å². The molecule has 1 radical (unpaired) electrons. The summed E-state index contributed by atoms with van der Waals surface area (Å²) in [6.45, 7) is 0. The Bertz CT molecular complexity index is 346. The predicted molar refractivity (Wildman–Crippen MR) is 88.8 cm³/mol. The maximum Gasteiger partial charge on any atom is 0.306 e. The van der Waals surface area contributed by atoms with Gasteiger partial charge in [-0.25, -0.2) is 0 Å². The number of carboxylic acid groups (broad SMARTS) is 3. The zero-order valence-electron chi connectivity index (χ0n) is 14.6. The minimum atomic E-state index is -0.609. The van der Waals surface area contributed by atoms with Crippen LogP contribution in [-0.4, -0.2) is 33.2 Å². The minimum absolute atomic E-state index is 0. The minimum Gasteiger partial charge on any atom is -0.481 e. The summed E-state index contributed by atoms with van der Waals surface area (Å²) in [5.41, 5.74) is 0. The van der Waals surface area contributed by atoms with E-state index in [1.807, 2.05) is 0 Å². The van der Waals surface area contributed by atoms with Gasteiger partial charge in [0.25, 0.3) is 0 Å². The van der Waals surface area contributed by atoms with E-state index in [9.17, 15) is 14.4 Å². The van der Waals surface area contributed by atoms with Gasteiger partial charge >= 0.3 is 17.9 Å². The number of carbonyl (C=O) groups is 3. The van der Waals surface area contributed by atoms with Gasteiger partial charge in [-0.3, -0.25) is 14.4 Å². The third-order valence-electron chi connectivity index (χ3n) is 5.11. The summed E-state index contributed by atoms with van der Waals surface area (Å²) >= 11 is 0. The first-order valence-electron chi connectivity index (χ1n) is 9.10. The summed E-state index contributed by atoms with van der Waals surface area (Å²) in [5.74, 6) is -1.88. The Labute approximate surface area is 180 Å². The number of carboxylic acids is 3. The fourth-order valence-electron chi connectivity index (χ4n) is 3.52. The second kappa shape index (κ2) is 13.8. The van der Waals surface area contributed by atoms with E-state index >= 15 is 0 Å². The summed E-state index contributed by atoms with van der Waals surface area (Å²) in [4.78, 5) is 30.6. The second-order valence-corrected chi connectivity index (χ2v) is 6.96. The maximum absolute atomic E-state index is 10.2. The monoisotopic (exact) mass is 501 g/mol. The smallest absolute Gasteiger partial charge is 0.306 e. The van der Waals surface area contributed by atoms with Crippen LogP contribution in [0.25, 0.3) is 0 Å². The summed E-state index contributed by atoms with van der Waals surface area (Å²) < 4.78 is 0. The van der Waals surface area contributed by atoms with Gasteiger partial charge in [-0.15, -0.1) is 0 Å². The Morgan fingerprint density at radius 3 is 0.720 bits per heavy atom. The van der Waals surface area contributed by atoms with E-state index in [0.717, 1.165) is 77.0 Å². The van der Waals surface area contributed by atoms with E-state index in [0.29, 0.717) is 0 Å². The molecule has 0 atom stereocenters. The van der Waals surface area contributed by atoms with Crippen molar-refractivity contribution in [3.8, 4) is 0 Å². The average molecular weight is 501 g/mol. The van der Waals surface area contributed by atoms with Crippen LogP contribution in [0.4, 0.5) is 0 Å². The fourth-order valence-corrected chi connectivity index (χ4v) is 3.52. The van der Waals surface area contributed by atoms with Crippen molar-refractivity contribution in [3.63, 3.8) is 0 Å². The second-order valence-electron chi connectivity index (χ2n) is 6.96. The molecule has 7 heteroatoms. The molecular formula is C18H30O6Tb. The number of aliphatic carboxylic acids is 3. The van der Waals surface area contributed by atoms with Gasteiger partial charge in [0.15, 0.2) is 0 Å². The summed E-state index contributed by atoms with van der Waals surface area (Å²) in [6, 6.07) is 0. The largest absolute Gasteiger partial charge is 0.481 e. The maximum atomic E-state index is 10.2. The molecule has 3 saturated carbocycles. The van der Waals surface area contributed by atoms with Gasteiger partial charge in [0, 0.05) is 38.6 Å². The Balaban J connectivity index is 0.000000339. The molecule has 0 heterocycles. The number of rotatable bonds is 3. The molecular weight excluding hydrogens is 471 g/mol. The molecule has 3 aliphatic rings. The third kappa shape index (κ3) is 10.4. The van der Waals surface area contributed by atoms with Crippen molar-refractivity contribution in [1.29, 1.82) is 0 Å². The van der Waals surface area contributed by atoms with Crippen LogP contribution in [0.5, 0.6) is 0 Å². The van der Waals surface area contributed by atoms with Crippen LogP contribution in [0, 0.1) is 56.4 Å². The first-order valence-corrected chi connectivity index (χ1v) is 9.10. The van der Waals surface area contributed by atoms with E-state index < -0.39 is 17.9 Å². The molecule has 0 aromatic rings. The van der Waals surface area contributed by atoms with Crippen LogP contribution in [0.2, 0.25) is 0 Å². The van der Waals surface area contributed by atoms with Crippen LogP contribution in [0.3, 0.4) is 0 Å². The molecule has 0 saturated heterocycles. The SMILES string of the molecule is O=C(O)C1CCCC1.O=C(O)C1CCCC1.O=C(O)C1CCCC1.[Tb]. The van der Waals surface area contributed by atoms with E-state index in [1.165, 1.54) is 0 Å². The molecule has 3 N–H and O–H groups in total. The van der Waals surface area contributed by atoms with Crippen LogP contribution in [0.15, 0.2) is 0 Å². The van der Waals surface area contributed by atoms with Gasteiger partial charge < -0.3 is 15.3 Å². The van der Waals surface area contributed by atoms with Crippen molar-refractivity contribution >= 4 is 17.9 Å². The van der Waals surface area contributed by atoms with Gasteiger partial charge in [0.1, 0.15) is 0 Å². The van der Waals surface area contributed by atoms with E-state index in [4.69, 9.17) is 15.3 Å². The van der Waals surface area contributed by atoms with Crippen molar-refractivity contribution in [2.45, 2.75) is 77.0 Å². The summed E-state index contributed by atoms with van der Waals surface area (Å²) in [5, 5.41) is 25.2. The zero-order chi connectivity index (χ0) is 17.9. The molecule has 0 aromatic heterocycles. The van der Waals surface area contributed by atoms with Gasteiger partial charge in [-0.05, 0) is 38.5 Å². The molecule has 6 nitrogen and oxygen atoms in total. The molecule has 0 spiro atoms. The van der Waals surface area contributed by atoms with Crippen LogP contribution >= 0.6 is 0 Å². The quantitative estimate of drug-likeness (QED) is 0.543. The van der Waals surface area contributed by atoms with Crippen molar-refractivity contribution < 1.29 is 68.3 Å². The van der Waals surface area contributed by atoms with Crippen LogP contribution in [0.1, 0.15) is 77.0 Å². The Hall–Kier alpha value is -0.304. The zero-order valence-corrected chi connectivity index (χ0v) is 16.8. The van der Waals surface area contributed by atoms with E-state index in [2.05, 4.69) is 0 Å². The molecule has 0 unspecified atom stereocenters. The molecule has 0 amide bonds. The molecule has 3 aliphatic carbocycles. The summed E-state index contributed by atoms with van der Waals surface area (Å²) in [7, 11) is 0. The first kappa shape index (κ1) is 24.7. The van der Waals surface area contributed by atoms with Gasteiger partial charge in [-0.1, -0.05) is 38.5 Å². The van der Waals surface area contributed by atoms with Crippen molar-refractivity contribution in [2.75, 3.05) is 0 Å². The molecule has 0 bridgehead atoms. The van der Waals surface area contributed by atoms with Gasteiger partial charge in [0.05, 0.1) is 17.8 Å². The van der Waals surface area contributed by atoms with Crippen molar-refractivity contribution in [3.05, 3.63) is 0 Å². The summed E-state index contributed by atoms with van der Waals surface area (Å²) in [6.07, 6.45) is 12.0. The first-order chi connectivity index (χ1) is 11.4. The molecule has 3 rings (SSSR count). The van der Waals surface area contributed by atoms with E-state index in [-0.39, 0.29) is 56.4 Å². The molecule has 0 aliphatic heterocycles. The Morgan fingerprint density at radius 2 is 0.640 bits per heavy atom. The van der Waals surface area contributed by atoms with Crippen molar-refractivity contribution in [2.24, 2.45) is 17.8 Å². The number of hydrogen-bond donors (Lipinski definition) is 3.